The molecule has 0 aliphatic carbocycles. The van der Waals surface area contributed by atoms with Crippen molar-refractivity contribution in [1.82, 2.24) is 4.57 Å². The van der Waals surface area contributed by atoms with Gasteiger partial charge >= 0.3 is 5.97 Å². The summed E-state index contributed by atoms with van der Waals surface area (Å²) in [4.78, 5) is 10.6. The highest BCUT2D eigenvalue weighted by Gasteiger charge is 2.03. The van der Waals surface area contributed by atoms with Gasteiger partial charge in [0.2, 0.25) is 0 Å². The van der Waals surface area contributed by atoms with Crippen LogP contribution >= 0.6 is 15.9 Å². The lowest BCUT2D eigenvalue weighted by Crippen LogP contribution is -1.99. The first kappa shape index (κ1) is 11.9. The highest BCUT2D eigenvalue weighted by atomic mass is 79.9. The lowest BCUT2D eigenvalue weighted by Gasteiger charge is -2.05. The van der Waals surface area contributed by atoms with Crippen molar-refractivity contribution in [1.29, 1.82) is 0 Å². The van der Waals surface area contributed by atoms with Gasteiger partial charge in [0.25, 0.3) is 0 Å². The Morgan fingerprint density at radius 1 is 1.47 bits per heavy atom. The van der Waals surface area contributed by atoms with Crippen molar-refractivity contribution in [3.05, 3.63) is 46.6 Å². The molecule has 2 rings (SSSR count). The minimum absolute atomic E-state index is 0.590. The number of hydrogen-bond donors (Lipinski definition) is 1. The number of aromatic nitrogens is 1. The Morgan fingerprint density at radius 2 is 2.24 bits per heavy atom. The maximum atomic E-state index is 10.6. The van der Waals surface area contributed by atoms with E-state index in [1.165, 1.54) is 6.08 Å². The largest absolute Gasteiger partial charge is 0.478 e. The van der Waals surface area contributed by atoms with Crippen LogP contribution in [0.2, 0.25) is 0 Å². The van der Waals surface area contributed by atoms with Crippen molar-refractivity contribution in [2.75, 3.05) is 0 Å². The lowest BCUT2D eigenvalue weighted by atomic mass is 10.2. The summed E-state index contributed by atoms with van der Waals surface area (Å²) in [6, 6.07) is 8.08. The van der Waals surface area contributed by atoms with Crippen LogP contribution in [-0.2, 0) is 11.3 Å². The minimum Gasteiger partial charge on any atom is -0.478 e. The van der Waals surface area contributed by atoms with Crippen LogP contribution in [-0.4, -0.2) is 15.6 Å². The van der Waals surface area contributed by atoms with Gasteiger partial charge in [0.15, 0.2) is 0 Å². The van der Waals surface area contributed by atoms with E-state index in [1.54, 1.807) is 0 Å². The zero-order valence-electron chi connectivity index (χ0n) is 9.35. The molecule has 0 saturated heterocycles. The molecule has 0 aliphatic heterocycles. The predicted molar refractivity (Wildman–Crippen MR) is 71.0 cm³/mol. The summed E-state index contributed by atoms with van der Waals surface area (Å²) in [6.45, 7) is 2.41. The SMILES string of the molecule is CC(=CC(=O)O)Cn1ccc2ccc(Br)cc21. The number of hydrogen-bond acceptors (Lipinski definition) is 1. The molecular formula is C13H12BrNO2. The summed E-state index contributed by atoms with van der Waals surface area (Å²) in [5.41, 5.74) is 1.91. The quantitative estimate of drug-likeness (QED) is 0.881. The molecule has 3 nitrogen and oxygen atoms in total. The van der Waals surface area contributed by atoms with Crippen LogP contribution in [0, 0.1) is 0 Å². The molecule has 0 fully saturated rings. The molecule has 0 atom stereocenters. The van der Waals surface area contributed by atoms with Crippen LogP contribution in [0.15, 0.2) is 46.6 Å². The fourth-order valence-corrected chi connectivity index (χ4v) is 2.17. The summed E-state index contributed by atoms with van der Waals surface area (Å²) in [5.74, 6) is -0.903. The number of allylic oxidation sites excluding steroid dienone is 1. The normalized spacial score (nSPS) is 12.0. The smallest absolute Gasteiger partial charge is 0.328 e. The van der Waals surface area contributed by atoms with E-state index < -0.39 is 5.97 Å². The molecule has 0 aliphatic rings. The lowest BCUT2D eigenvalue weighted by molar-refractivity contribution is -0.131. The van der Waals surface area contributed by atoms with Gasteiger partial charge in [-0.1, -0.05) is 22.0 Å². The van der Waals surface area contributed by atoms with Crippen molar-refractivity contribution >= 4 is 32.8 Å². The number of carbonyl (C=O) groups is 1. The molecule has 88 valence electrons. The van der Waals surface area contributed by atoms with Crippen molar-refractivity contribution in [3.8, 4) is 0 Å². The Bertz CT molecular complexity index is 598. The van der Waals surface area contributed by atoms with Crippen LogP contribution in [0.5, 0.6) is 0 Å². The van der Waals surface area contributed by atoms with Crippen molar-refractivity contribution in [3.63, 3.8) is 0 Å². The number of halogens is 1. The first-order chi connectivity index (χ1) is 8.06. The third-order valence-electron chi connectivity index (χ3n) is 2.53. The molecule has 0 saturated carbocycles. The maximum Gasteiger partial charge on any atom is 0.328 e. The van der Waals surface area contributed by atoms with Gasteiger partial charge in [-0.15, -0.1) is 0 Å². The van der Waals surface area contributed by atoms with Crippen molar-refractivity contribution in [2.45, 2.75) is 13.5 Å². The topological polar surface area (TPSA) is 42.2 Å². The van der Waals surface area contributed by atoms with Crippen LogP contribution in [0.1, 0.15) is 6.92 Å². The van der Waals surface area contributed by atoms with Gasteiger partial charge in [0.1, 0.15) is 0 Å². The average molecular weight is 294 g/mol. The van der Waals surface area contributed by atoms with Gasteiger partial charge in [0, 0.05) is 28.8 Å². The molecule has 0 radical (unpaired) electrons. The number of rotatable bonds is 3. The van der Waals surface area contributed by atoms with Gasteiger partial charge in [-0.2, -0.15) is 0 Å². The molecular weight excluding hydrogens is 282 g/mol. The van der Waals surface area contributed by atoms with Crippen LogP contribution in [0.3, 0.4) is 0 Å². The molecule has 0 amide bonds. The van der Waals surface area contributed by atoms with E-state index in [-0.39, 0.29) is 0 Å². The Labute approximate surface area is 107 Å². The molecule has 0 spiro atoms. The zero-order chi connectivity index (χ0) is 12.4. The number of carboxylic acid groups (broad SMARTS) is 1. The zero-order valence-corrected chi connectivity index (χ0v) is 10.9. The molecule has 1 aromatic heterocycles. The Morgan fingerprint density at radius 3 is 2.94 bits per heavy atom. The van der Waals surface area contributed by atoms with Crippen molar-refractivity contribution < 1.29 is 9.90 Å². The van der Waals surface area contributed by atoms with E-state index in [0.29, 0.717) is 6.54 Å². The van der Waals surface area contributed by atoms with Crippen molar-refractivity contribution in [2.24, 2.45) is 0 Å². The highest BCUT2D eigenvalue weighted by Crippen LogP contribution is 2.21. The minimum atomic E-state index is -0.903. The second kappa shape index (κ2) is 4.75. The van der Waals surface area contributed by atoms with E-state index in [4.69, 9.17) is 5.11 Å². The van der Waals surface area contributed by atoms with E-state index in [0.717, 1.165) is 20.9 Å². The van der Waals surface area contributed by atoms with Crippen LogP contribution < -0.4 is 0 Å². The number of nitrogens with zero attached hydrogens (tertiary/aromatic N) is 1. The van der Waals surface area contributed by atoms with E-state index in [2.05, 4.69) is 15.9 Å². The molecule has 17 heavy (non-hydrogen) atoms. The molecule has 1 heterocycles. The monoisotopic (exact) mass is 293 g/mol. The fraction of sp³-hybridized carbons (Fsp3) is 0.154. The van der Waals surface area contributed by atoms with Crippen LogP contribution in [0.25, 0.3) is 10.9 Å². The first-order valence-corrected chi connectivity index (χ1v) is 6.00. The second-order valence-corrected chi connectivity index (χ2v) is 4.89. The Kier molecular flexibility index (Phi) is 3.33. The van der Waals surface area contributed by atoms with Gasteiger partial charge in [-0.3, -0.25) is 0 Å². The summed E-state index contributed by atoms with van der Waals surface area (Å²) in [7, 11) is 0. The van der Waals surface area contributed by atoms with Gasteiger partial charge in [0.05, 0.1) is 0 Å². The summed E-state index contributed by atoms with van der Waals surface area (Å²) >= 11 is 3.44. The predicted octanol–water partition coefficient (Wildman–Crippen LogP) is 3.43. The summed E-state index contributed by atoms with van der Waals surface area (Å²) < 4.78 is 3.05. The van der Waals surface area contributed by atoms with E-state index in [1.807, 2.05) is 42.0 Å². The van der Waals surface area contributed by atoms with E-state index in [9.17, 15) is 4.79 Å². The molecule has 0 bridgehead atoms. The second-order valence-electron chi connectivity index (χ2n) is 3.98. The maximum absolute atomic E-state index is 10.6. The average Bonchev–Trinajstić information content (AvgIpc) is 2.60. The van der Waals surface area contributed by atoms with Gasteiger partial charge in [-0.05, 0) is 36.1 Å². The number of benzene rings is 1. The van der Waals surface area contributed by atoms with Crippen LogP contribution in [0.4, 0.5) is 0 Å². The molecule has 4 heteroatoms. The number of carboxylic acids is 1. The Balaban J connectivity index is 2.36. The molecule has 1 N–H and O–H groups in total. The standard InChI is InChI=1S/C13H12BrNO2/c1-9(6-13(16)17)8-15-5-4-10-2-3-11(14)7-12(10)15/h2-7H,8H2,1H3,(H,16,17). The summed E-state index contributed by atoms with van der Waals surface area (Å²) in [5, 5.41) is 9.83. The summed E-state index contributed by atoms with van der Waals surface area (Å²) in [6.07, 6.45) is 3.21. The Hall–Kier alpha value is -1.55. The van der Waals surface area contributed by atoms with Gasteiger partial charge in [-0.25, -0.2) is 4.79 Å². The number of aliphatic carboxylic acids is 1. The number of fused-ring (bicyclic) bond motifs is 1. The highest BCUT2D eigenvalue weighted by molar-refractivity contribution is 9.10. The molecule has 1 aromatic carbocycles. The van der Waals surface area contributed by atoms with E-state index >= 15 is 0 Å². The third-order valence-corrected chi connectivity index (χ3v) is 3.02. The van der Waals surface area contributed by atoms with Gasteiger partial charge < -0.3 is 9.67 Å². The fourth-order valence-electron chi connectivity index (χ4n) is 1.82. The molecule has 0 unspecified atom stereocenters. The first-order valence-electron chi connectivity index (χ1n) is 5.21. The third kappa shape index (κ3) is 2.77. The molecule has 2 aromatic rings.